The lowest BCUT2D eigenvalue weighted by atomic mass is 10.0. The van der Waals surface area contributed by atoms with E-state index in [1.807, 2.05) is 0 Å². The van der Waals surface area contributed by atoms with Gasteiger partial charge in [0.25, 0.3) is 0 Å². The van der Waals surface area contributed by atoms with Gasteiger partial charge < -0.3 is 5.11 Å². The van der Waals surface area contributed by atoms with Gasteiger partial charge in [-0.3, -0.25) is 0 Å². The van der Waals surface area contributed by atoms with E-state index in [0.717, 1.165) is 6.08 Å². The fourth-order valence-corrected chi connectivity index (χ4v) is 1.21. The van der Waals surface area contributed by atoms with Crippen molar-refractivity contribution in [3.05, 3.63) is 47.5 Å². The lowest BCUT2D eigenvalue weighted by molar-refractivity contribution is -0.0936. The molecule has 0 saturated carbocycles. The van der Waals surface area contributed by atoms with E-state index in [-0.39, 0.29) is 6.42 Å². The molecule has 0 atom stereocenters. The summed E-state index contributed by atoms with van der Waals surface area (Å²) in [4.78, 5) is 0. The van der Waals surface area contributed by atoms with Crippen LogP contribution < -0.4 is 0 Å². The van der Waals surface area contributed by atoms with Crippen LogP contribution in [0.15, 0.2) is 42.0 Å². The van der Waals surface area contributed by atoms with Crippen LogP contribution in [-0.2, 0) is 6.42 Å². The second-order valence-corrected chi connectivity index (χ2v) is 3.07. The average molecular weight is 216 g/mol. The van der Waals surface area contributed by atoms with Crippen LogP contribution in [0.2, 0.25) is 0 Å². The van der Waals surface area contributed by atoms with E-state index in [2.05, 4.69) is 0 Å². The van der Waals surface area contributed by atoms with Crippen molar-refractivity contribution in [1.82, 2.24) is 0 Å². The predicted molar refractivity (Wildman–Crippen MR) is 51.4 cm³/mol. The highest BCUT2D eigenvalue weighted by Crippen LogP contribution is 2.28. The molecule has 0 bridgehead atoms. The molecule has 0 amide bonds. The lowest BCUT2D eigenvalue weighted by Crippen LogP contribution is -2.14. The highest BCUT2D eigenvalue weighted by molar-refractivity contribution is 5.24. The van der Waals surface area contributed by atoms with Crippen LogP contribution >= 0.6 is 0 Å². The van der Waals surface area contributed by atoms with E-state index in [0.29, 0.717) is 5.56 Å². The summed E-state index contributed by atoms with van der Waals surface area (Å²) in [5, 5.41) is 8.50. The number of halogens is 3. The average Bonchev–Trinajstić information content (AvgIpc) is 2.17. The zero-order chi connectivity index (χ0) is 11.3. The maximum atomic E-state index is 12.4. The first-order chi connectivity index (χ1) is 7.04. The van der Waals surface area contributed by atoms with E-state index in [4.69, 9.17) is 5.11 Å². The van der Waals surface area contributed by atoms with Crippen LogP contribution in [0.25, 0.3) is 0 Å². The molecule has 0 unspecified atom stereocenters. The predicted octanol–water partition coefficient (Wildman–Crippen LogP) is 2.71. The standard InChI is InChI=1S/C11H11F3O/c12-11(13,14)10(6-7-15)8-9-4-2-1-3-5-9/h1-6,15H,7-8H2/b10-6+. The Hall–Kier alpha value is -1.29. The monoisotopic (exact) mass is 216 g/mol. The van der Waals surface area contributed by atoms with Gasteiger partial charge in [0.2, 0.25) is 0 Å². The maximum Gasteiger partial charge on any atom is 0.412 e. The Morgan fingerprint density at radius 2 is 1.80 bits per heavy atom. The Balaban J connectivity index is 2.82. The molecule has 1 N–H and O–H groups in total. The SMILES string of the molecule is OC/C=C(\Cc1ccccc1)C(F)(F)F. The molecule has 4 heteroatoms. The van der Waals surface area contributed by atoms with E-state index in [1.165, 1.54) is 0 Å². The van der Waals surface area contributed by atoms with E-state index in [1.54, 1.807) is 30.3 Å². The fourth-order valence-electron chi connectivity index (χ4n) is 1.21. The minimum atomic E-state index is -4.38. The molecule has 0 aliphatic rings. The number of aliphatic hydroxyl groups excluding tert-OH is 1. The zero-order valence-electron chi connectivity index (χ0n) is 7.96. The fraction of sp³-hybridized carbons (Fsp3) is 0.273. The second kappa shape index (κ2) is 4.98. The molecular weight excluding hydrogens is 205 g/mol. The Bertz CT molecular complexity index is 327. The summed E-state index contributed by atoms with van der Waals surface area (Å²) in [6.45, 7) is -0.596. The van der Waals surface area contributed by atoms with Crippen molar-refractivity contribution >= 4 is 0 Å². The third kappa shape index (κ3) is 3.75. The first-order valence-electron chi connectivity index (χ1n) is 4.45. The minimum absolute atomic E-state index is 0.203. The molecule has 0 aliphatic heterocycles. The Morgan fingerprint density at radius 3 is 2.27 bits per heavy atom. The quantitative estimate of drug-likeness (QED) is 0.770. The van der Waals surface area contributed by atoms with Gasteiger partial charge in [-0.05, 0) is 5.56 Å². The molecule has 0 aromatic heterocycles. The normalized spacial score (nSPS) is 12.9. The molecular formula is C11H11F3O. The maximum absolute atomic E-state index is 12.4. The summed E-state index contributed by atoms with van der Waals surface area (Å²) < 4.78 is 37.2. The van der Waals surface area contributed by atoms with Gasteiger partial charge in [0, 0.05) is 12.0 Å². The van der Waals surface area contributed by atoms with Gasteiger partial charge in [0.05, 0.1) is 6.61 Å². The van der Waals surface area contributed by atoms with Gasteiger partial charge in [-0.2, -0.15) is 13.2 Å². The van der Waals surface area contributed by atoms with E-state index < -0.39 is 18.4 Å². The van der Waals surface area contributed by atoms with Gasteiger partial charge in [-0.25, -0.2) is 0 Å². The summed E-state index contributed by atoms with van der Waals surface area (Å²) in [6.07, 6.45) is -3.78. The highest BCUT2D eigenvalue weighted by Gasteiger charge is 2.32. The third-order valence-electron chi connectivity index (χ3n) is 1.94. The van der Waals surface area contributed by atoms with E-state index in [9.17, 15) is 13.2 Å². The summed E-state index contributed by atoms with van der Waals surface area (Å²) in [5.41, 5.74) is -0.134. The number of rotatable bonds is 3. The van der Waals surface area contributed by atoms with E-state index >= 15 is 0 Å². The summed E-state index contributed by atoms with van der Waals surface area (Å²) in [6, 6.07) is 8.35. The lowest BCUT2D eigenvalue weighted by Gasteiger charge is -2.11. The number of hydrogen-bond acceptors (Lipinski definition) is 1. The van der Waals surface area contributed by atoms with Gasteiger partial charge in [0.1, 0.15) is 0 Å². The van der Waals surface area contributed by atoms with Crippen LogP contribution in [-0.4, -0.2) is 17.9 Å². The number of benzene rings is 1. The number of alkyl halides is 3. The molecule has 1 aromatic carbocycles. The molecule has 0 saturated heterocycles. The topological polar surface area (TPSA) is 20.2 Å². The van der Waals surface area contributed by atoms with Crippen LogP contribution in [0.5, 0.6) is 0 Å². The molecule has 1 rings (SSSR count). The van der Waals surface area contributed by atoms with Gasteiger partial charge >= 0.3 is 6.18 Å². The molecule has 0 aliphatic carbocycles. The van der Waals surface area contributed by atoms with Gasteiger partial charge in [-0.1, -0.05) is 36.4 Å². The molecule has 0 fully saturated rings. The van der Waals surface area contributed by atoms with Crippen molar-refractivity contribution in [3.63, 3.8) is 0 Å². The molecule has 1 aromatic rings. The first kappa shape index (κ1) is 11.8. The Labute approximate surface area is 85.9 Å². The Kier molecular flexibility index (Phi) is 3.91. The third-order valence-corrected chi connectivity index (χ3v) is 1.94. The molecule has 15 heavy (non-hydrogen) atoms. The van der Waals surface area contributed by atoms with Crippen molar-refractivity contribution in [2.45, 2.75) is 12.6 Å². The molecule has 82 valence electrons. The summed E-state index contributed by atoms with van der Waals surface area (Å²) in [5.74, 6) is 0. The zero-order valence-corrected chi connectivity index (χ0v) is 7.96. The van der Waals surface area contributed by atoms with Crippen molar-refractivity contribution < 1.29 is 18.3 Å². The highest BCUT2D eigenvalue weighted by atomic mass is 19.4. The van der Waals surface area contributed by atoms with Crippen molar-refractivity contribution in [3.8, 4) is 0 Å². The summed E-state index contributed by atoms with van der Waals surface area (Å²) in [7, 11) is 0. The van der Waals surface area contributed by atoms with Crippen LogP contribution in [0.1, 0.15) is 5.56 Å². The number of allylic oxidation sites excluding steroid dienone is 1. The van der Waals surface area contributed by atoms with Gasteiger partial charge in [0.15, 0.2) is 0 Å². The largest absolute Gasteiger partial charge is 0.412 e. The molecule has 0 spiro atoms. The number of hydrogen-bond donors (Lipinski definition) is 1. The van der Waals surface area contributed by atoms with Gasteiger partial charge in [-0.15, -0.1) is 0 Å². The molecule has 0 heterocycles. The first-order valence-corrected chi connectivity index (χ1v) is 4.45. The van der Waals surface area contributed by atoms with Crippen LogP contribution in [0.4, 0.5) is 13.2 Å². The van der Waals surface area contributed by atoms with Crippen LogP contribution in [0.3, 0.4) is 0 Å². The minimum Gasteiger partial charge on any atom is -0.392 e. The smallest absolute Gasteiger partial charge is 0.392 e. The number of aliphatic hydroxyl groups is 1. The van der Waals surface area contributed by atoms with Crippen molar-refractivity contribution in [2.75, 3.05) is 6.61 Å². The van der Waals surface area contributed by atoms with Crippen LogP contribution in [0, 0.1) is 0 Å². The summed E-state index contributed by atoms with van der Waals surface area (Å²) >= 11 is 0. The second-order valence-electron chi connectivity index (χ2n) is 3.07. The van der Waals surface area contributed by atoms with Crippen molar-refractivity contribution in [2.24, 2.45) is 0 Å². The Morgan fingerprint density at radius 1 is 1.20 bits per heavy atom. The van der Waals surface area contributed by atoms with Crippen molar-refractivity contribution in [1.29, 1.82) is 0 Å². The molecule has 0 radical (unpaired) electrons. The molecule has 1 nitrogen and oxygen atoms in total.